The molecule has 1 amide bonds. The number of aromatic amines is 1. The lowest BCUT2D eigenvalue weighted by molar-refractivity contribution is 0.0928. The van der Waals surface area contributed by atoms with Crippen LogP contribution in [0.25, 0.3) is 11.0 Å². The SMILES string of the molecule is CC(NC(=O)c1nc2ccccc2[nH]1)c1nncn1C(C)C. The molecule has 3 rings (SSSR count). The molecule has 0 spiro atoms. The van der Waals surface area contributed by atoms with Gasteiger partial charge in [-0.15, -0.1) is 10.2 Å². The molecule has 0 saturated heterocycles. The summed E-state index contributed by atoms with van der Waals surface area (Å²) in [4.78, 5) is 19.7. The number of H-pyrrole nitrogens is 1. The minimum Gasteiger partial charge on any atom is -0.340 e. The van der Waals surface area contributed by atoms with Gasteiger partial charge in [0.25, 0.3) is 5.91 Å². The standard InChI is InChI=1S/C15H18N6O/c1-9(2)21-8-16-20-14(21)10(3)17-15(22)13-18-11-6-4-5-7-12(11)19-13/h4-10H,1-3H3,(H,17,22)(H,18,19). The van der Waals surface area contributed by atoms with E-state index in [2.05, 4.69) is 25.5 Å². The summed E-state index contributed by atoms with van der Waals surface area (Å²) in [6, 6.07) is 7.51. The third-order valence-electron chi connectivity index (χ3n) is 3.50. The highest BCUT2D eigenvalue weighted by molar-refractivity contribution is 5.94. The van der Waals surface area contributed by atoms with E-state index in [1.165, 1.54) is 0 Å². The Morgan fingerprint density at radius 1 is 1.27 bits per heavy atom. The highest BCUT2D eigenvalue weighted by Crippen LogP contribution is 2.15. The predicted octanol–water partition coefficient (Wildman–Crippen LogP) is 2.23. The lowest BCUT2D eigenvalue weighted by atomic mass is 10.2. The van der Waals surface area contributed by atoms with Crippen LogP contribution in [0.3, 0.4) is 0 Å². The summed E-state index contributed by atoms with van der Waals surface area (Å²) in [6.07, 6.45) is 1.67. The molecule has 114 valence electrons. The van der Waals surface area contributed by atoms with Crippen LogP contribution in [-0.4, -0.2) is 30.6 Å². The molecule has 2 N–H and O–H groups in total. The third kappa shape index (κ3) is 2.57. The number of imidazole rings is 1. The average molecular weight is 298 g/mol. The monoisotopic (exact) mass is 298 g/mol. The Morgan fingerprint density at radius 2 is 2.05 bits per heavy atom. The molecule has 0 aliphatic carbocycles. The summed E-state index contributed by atoms with van der Waals surface area (Å²) in [5, 5.41) is 10.9. The summed E-state index contributed by atoms with van der Waals surface area (Å²) in [7, 11) is 0. The smallest absolute Gasteiger partial charge is 0.287 e. The number of aromatic nitrogens is 5. The van der Waals surface area contributed by atoms with Gasteiger partial charge < -0.3 is 14.9 Å². The van der Waals surface area contributed by atoms with E-state index >= 15 is 0 Å². The Morgan fingerprint density at radius 3 is 2.77 bits per heavy atom. The molecule has 0 bridgehead atoms. The Labute approximate surface area is 127 Å². The zero-order chi connectivity index (χ0) is 15.7. The molecule has 7 heteroatoms. The van der Waals surface area contributed by atoms with Crippen LogP contribution < -0.4 is 5.32 Å². The lowest BCUT2D eigenvalue weighted by Crippen LogP contribution is -2.29. The molecule has 7 nitrogen and oxygen atoms in total. The third-order valence-corrected chi connectivity index (χ3v) is 3.50. The van der Waals surface area contributed by atoms with Crippen molar-refractivity contribution in [1.29, 1.82) is 0 Å². The fourth-order valence-corrected chi connectivity index (χ4v) is 2.35. The zero-order valence-electron chi connectivity index (χ0n) is 12.7. The number of hydrogen-bond donors (Lipinski definition) is 2. The maximum atomic E-state index is 12.3. The van der Waals surface area contributed by atoms with Crippen LogP contribution in [-0.2, 0) is 0 Å². The first-order valence-corrected chi connectivity index (χ1v) is 7.21. The highest BCUT2D eigenvalue weighted by atomic mass is 16.2. The number of amides is 1. The molecule has 1 atom stereocenters. The lowest BCUT2D eigenvalue weighted by Gasteiger charge is -2.16. The van der Waals surface area contributed by atoms with Crippen LogP contribution in [0.2, 0.25) is 0 Å². The van der Waals surface area contributed by atoms with Gasteiger partial charge in [-0.2, -0.15) is 0 Å². The number of nitrogens with one attached hydrogen (secondary N) is 2. The molecular weight excluding hydrogens is 280 g/mol. The van der Waals surface area contributed by atoms with Crippen molar-refractivity contribution in [1.82, 2.24) is 30.0 Å². The zero-order valence-corrected chi connectivity index (χ0v) is 12.7. The molecule has 0 fully saturated rings. The number of para-hydroxylation sites is 2. The molecular formula is C15H18N6O. The van der Waals surface area contributed by atoms with Gasteiger partial charge in [0.1, 0.15) is 6.33 Å². The topological polar surface area (TPSA) is 88.5 Å². The molecule has 1 aromatic carbocycles. The van der Waals surface area contributed by atoms with Gasteiger partial charge in [-0.1, -0.05) is 12.1 Å². The number of benzene rings is 1. The molecule has 2 aromatic heterocycles. The molecule has 0 aliphatic rings. The molecule has 2 heterocycles. The Balaban J connectivity index is 1.79. The van der Waals surface area contributed by atoms with Crippen molar-refractivity contribution < 1.29 is 4.79 Å². The first-order valence-electron chi connectivity index (χ1n) is 7.21. The number of rotatable bonds is 4. The number of fused-ring (bicyclic) bond motifs is 1. The van der Waals surface area contributed by atoms with Crippen molar-refractivity contribution in [3.63, 3.8) is 0 Å². The molecule has 22 heavy (non-hydrogen) atoms. The minimum absolute atomic E-state index is 0.232. The van der Waals surface area contributed by atoms with Gasteiger partial charge in [0.05, 0.1) is 17.1 Å². The van der Waals surface area contributed by atoms with Gasteiger partial charge in [0, 0.05) is 6.04 Å². The average Bonchev–Trinajstić information content (AvgIpc) is 3.13. The number of hydrogen-bond acceptors (Lipinski definition) is 4. The number of nitrogens with zero attached hydrogens (tertiary/aromatic N) is 4. The summed E-state index contributed by atoms with van der Waals surface area (Å²) in [6.45, 7) is 5.96. The molecule has 0 radical (unpaired) electrons. The van der Waals surface area contributed by atoms with E-state index < -0.39 is 0 Å². The van der Waals surface area contributed by atoms with E-state index in [1.54, 1.807) is 6.33 Å². The molecule has 0 aliphatic heterocycles. The fraction of sp³-hybridized carbons (Fsp3) is 0.333. The van der Waals surface area contributed by atoms with Crippen LogP contribution in [0, 0.1) is 0 Å². The van der Waals surface area contributed by atoms with Crippen molar-refractivity contribution in [2.24, 2.45) is 0 Å². The first-order chi connectivity index (χ1) is 10.6. The van der Waals surface area contributed by atoms with Crippen molar-refractivity contribution in [2.45, 2.75) is 32.9 Å². The second-order valence-corrected chi connectivity index (χ2v) is 5.49. The maximum Gasteiger partial charge on any atom is 0.287 e. The van der Waals surface area contributed by atoms with Crippen LogP contribution in [0.5, 0.6) is 0 Å². The van der Waals surface area contributed by atoms with Crippen LogP contribution >= 0.6 is 0 Å². The Kier molecular flexibility index (Phi) is 3.62. The van der Waals surface area contributed by atoms with E-state index in [0.29, 0.717) is 5.82 Å². The van der Waals surface area contributed by atoms with Crippen molar-refractivity contribution in [2.75, 3.05) is 0 Å². The summed E-state index contributed by atoms with van der Waals surface area (Å²) in [5.74, 6) is 0.755. The fourth-order valence-electron chi connectivity index (χ4n) is 2.35. The molecule has 1 unspecified atom stereocenters. The second-order valence-electron chi connectivity index (χ2n) is 5.49. The quantitative estimate of drug-likeness (QED) is 0.773. The van der Waals surface area contributed by atoms with Crippen LogP contribution in [0.1, 0.15) is 49.3 Å². The Hall–Kier alpha value is -2.70. The molecule has 3 aromatic rings. The maximum absolute atomic E-state index is 12.3. The highest BCUT2D eigenvalue weighted by Gasteiger charge is 2.19. The van der Waals surface area contributed by atoms with E-state index in [0.717, 1.165) is 16.9 Å². The predicted molar refractivity (Wildman–Crippen MR) is 82.4 cm³/mol. The van der Waals surface area contributed by atoms with Gasteiger partial charge in [-0.25, -0.2) is 4.98 Å². The van der Waals surface area contributed by atoms with Gasteiger partial charge in [-0.05, 0) is 32.9 Å². The van der Waals surface area contributed by atoms with E-state index in [-0.39, 0.29) is 18.0 Å². The normalized spacial score (nSPS) is 12.7. The van der Waals surface area contributed by atoms with Gasteiger partial charge in [-0.3, -0.25) is 4.79 Å². The molecule has 0 saturated carbocycles. The summed E-state index contributed by atoms with van der Waals surface area (Å²) >= 11 is 0. The van der Waals surface area contributed by atoms with Crippen LogP contribution in [0.15, 0.2) is 30.6 Å². The van der Waals surface area contributed by atoms with Gasteiger partial charge in [0.15, 0.2) is 11.6 Å². The van der Waals surface area contributed by atoms with Crippen molar-refractivity contribution in [3.05, 3.63) is 42.2 Å². The summed E-state index contributed by atoms with van der Waals surface area (Å²) < 4.78 is 1.93. The van der Waals surface area contributed by atoms with E-state index in [4.69, 9.17) is 0 Å². The first kappa shape index (κ1) is 14.2. The van der Waals surface area contributed by atoms with Gasteiger partial charge >= 0.3 is 0 Å². The number of carbonyl (C=O) groups is 1. The van der Waals surface area contributed by atoms with Gasteiger partial charge in [0.2, 0.25) is 0 Å². The minimum atomic E-state index is -0.262. The van der Waals surface area contributed by atoms with Crippen molar-refractivity contribution in [3.8, 4) is 0 Å². The largest absolute Gasteiger partial charge is 0.340 e. The van der Waals surface area contributed by atoms with E-state index in [1.807, 2.05) is 49.6 Å². The van der Waals surface area contributed by atoms with E-state index in [9.17, 15) is 4.79 Å². The second kappa shape index (κ2) is 5.59. The van der Waals surface area contributed by atoms with Crippen LogP contribution in [0.4, 0.5) is 0 Å². The Bertz CT molecular complexity index is 770. The number of carbonyl (C=O) groups excluding carboxylic acids is 1. The summed E-state index contributed by atoms with van der Waals surface area (Å²) in [5.41, 5.74) is 1.61. The van der Waals surface area contributed by atoms with Crippen molar-refractivity contribution >= 4 is 16.9 Å².